The number of hydrogen-bond acceptors (Lipinski definition) is 2. The summed E-state index contributed by atoms with van der Waals surface area (Å²) in [6.45, 7) is 0.725. The van der Waals surface area contributed by atoms with Crippen molar-refractivity contribution in [2.24, 2.45) is 29.4 Å². The maximum Gasteiger partial charge on any atom is 0.223 e. The van der Waals surface area contributed by atoms with E-state index in [-0.39, 0.29) is 0 Å². The zero-order valence-corrected chi connectivity index (χ0v) is 11.2. The largest absolute Gasteiger partial charge is 0.353 e. The van der Waals surface area contributed by atoms with E-state index in [9.17, 15) is 4.79 Å². The first-order chi connectivity index (χ1) is 8.81. The van der Waals surface area contributed by atoms with Crippen LogP contribution in [0.5, 0.6) is 0 Å². The summed E-state index contributed by atoms with van der Waals surface area (Å²) in [4.78, 5) is 12.3. The van der Waals surface area contributed by atoms with Crippen molar-refractivity contribution in [2.45, 2.75) is 57.4 Å². The molecule has 102 valence electrons. The van der Waals surface area contributed by atoms with E-state index in [0.717, 1.165) is 24.8 Å². The molecule has 4 atom stereocenters. The molecule has 3 fully saturated rings. The second-order valence-electron chi connectivity index (χ2n) is 6.53. The second kappa shape index (κ2) is 5.20. The molecule has 3 saturated carbocycles. The van der Waals surface area contributed by atoms with E-state index in [1.165, 1.54) is 44.9 Å². The molecule has 0 heterocycles. The molecule has 0 saturated heterocycles. The van der Waals surface area contributed by atoms with Crippen LogP contribution in [-0.2, 0) is 4.79 Å². The van der Waals surface area contributed by atoms with E-state index >= 15 is 0 Å². The smallest absolute Gasteiger partial charge is 0.223 e. The summed E-state index contributed by atoms with van der Waals surface area (Å²) in [5.41, 5.74) is 5.83. The average Bonchev–Trinajstić information content (AvgIpc) is 3.13. The number of fused-ring (bicyclic) bond motifs is 1. The van der Waals surface area contributed by atoms with Crippen molar-refractivity contribution in [2.75, 3.05) is 6.54 Å². The van der Waals surface area contributed by atoms with E-state index in [2.05, 4.69) is 5.32 Å². The SMILES string of the molecule is NCC1CCCCC1NC(=O)C1C2CCCCC21. The highest BCUT2D eigenvalue weighted by Gasteiger charge is 2.54. The number of amides is 1. The molecule has 3 rings (SSSR count). The fourth-order valence-corrected chi connectivity index (χ4v) is 4.34. The van der Waals surface area contributed by atoms with Gasteiger partial charge in [0.05, 0.1) is 0 Å². The van der Waals surface area contributed by atoms with Crippen molar-refractivity contribution in [3.05, 3.63) is 0 Å². The highest BCUT2D eigenvalue weighted by molar-refractivity contribution is 5.82. The van der Waals surface area contributed by atoms with Crippen LogP contribution < -0.4 is 11.1 Å². The van der Waals surface area contributed by atoms with Crippen molar-refractivity contribution in [3.63, 3.8) is 0 Å². The number of nitrogens with two attached hydrogens (primary N) is 1. The lowest BCUT2D eigenvalue weighted by molar-refractivity contribution is -0.124. The third-order valence-electron chi connectivity index (χ3n) is 5.50. The third-order valence-corrected chi connectivity index (χ3v) is 5.50. The van der Waals surface area contributed by atoms with Gasteiger partial charge in [0.15, 0.2) is 0 Å². The molecule has 3 nitrogen and oxygen atoms in total. The minimum absolute atomic E-state index is 0.345. The van der Waals surface area contributed by atoms with Gasteiger partial charge in [0.2, 0.25) is 5.91 Å². The molecule has 0 spiro atoms. The molecule has 0 aromatic rings. The van der Waals surface area contributed by atoms with Crippen molar-refractivity contribution < 1.29 is 4.79 Å². The maximum absolute atomic E-state index is 12.3. The average molecular weight is 250 g/mol. The zero-order valence-electron chi connectivity index (χ0n) is 11.2. The summed E-state index contributed by atoms with van der Waals surface area (Å²) >= 11 is 0. The van der Waals surface area contributed by atoms with Crippen LogP contribution in [0.15, 0.2) is 0 Å². The number of carbonyl (C=O) groups excluding carboxylic acids is 1. The van der Waals surface area contributed by atoms with Crippen molar-refractivity contribution in [3.8, 4) is 0 Å². The van der Waals surface area contributed by atoms with E-state index in [1.54, 1.807) is 0 Å². The van der Waals surface area contributed by atoms with Crippen LogP contribution in [0, 0.1) is 23.7 Å². The summed E-state index contributed by atoms with van der Waals surface area (Å²) < 4.78 is 0. The van der Waals surface area contributed by atoms with Crippen LogP contribution in [0.4, 0.5) is 0 Å². The number of nitrogens with one attached hydrogen (secondary N) is 1. The Bertz CT molecular complexity index is 306. The normalized spacial score (nSPS) is 43.1. The molecule has 1 amide bonds. The lowest BCUT2D eigenvalue weighted by atomic mass is 9.84. The standard InChI is InChI=1S/C15H26N2O/c16-9-10-5-1-4-8-13(10)17-15(18)14-11-6-2-3-7-12(11)14/h10-14H,1-9,16H2,(H,17,18). The Labute approximate surface area is 110 Å². The Balaban J connectivity index is 1.54. The lowest BCUT2D eigenvalue weighted by Gasteiger charge is -2.31. The Morgan fingerprint density at radius 1 is 1.00 bits per heavy atom. The Morgan fingerprint density at radius 3 is 2.28 bits per heavy atom. The molecular formula is C15H26N2O. The molecular weight excluding hydrogens is 224 g/mol. The molecule has 3 N–H and O–H groups in total. The van der Waals surface area contributed by atoms with E-state index in [0.29, 0.717) is 23.8 Å². The van der Waals surface area contributed by atoms with Crippen LogP contribution in [-0.4, -0.2) is 18.5 Å². The molecule has 0 bridgehead atoms. The van der Waals surface area contributed by atoms with Crippen LogP contribution in [0.1, 0.15) is 51.4 Å². The molecule has 0 aliphatic heterocycles. The Hall–Kier alpha value is -0.570. The fraction of sp³-hybridized carbons (Fsp3) is 0.933. The molecule has 3 aliphatic rings. The van der Waals surface area contributed by atoms with Gasteiger partial charge >= 0.3 is 0 Å². The zero-order chi connectivity index (χ0) is 12.5. The molecule has 3 heteroatoms. The number of rotatable bonds is 3. The minimum atomic E-state index is 0.345. The molecule has 0 aromatic heterocycles. The van der Waals surface area contributed by atoms with Gasteiger partial charge in [-0.3, -0.25) is 4.79 Å². The van der Waals surface area contributed by atoms with Gasteiger partial charge in [-0.2, -0.15) is 0 Å². The van der Waals surface area contributed by atoms with Gasteiger partial charge in [0, 0.05) is 12.0 Å². The molecule has 3 aliphatic carbocycles. The van der Waals surface area contributed by atoms with E-state index < -0.39 is 0 Å². The van der Waals surface area contributed by atoms with Gasteiger partial charge in [-0.1, -0.05) is 25.7 Å². The molecule has 0 aromatic carbocycles. The number of hydrogen-bond donors (Lipinski definition) is 2. The Kier molecular flexibility index (Phi) is 3.60. The quantitative estimate of drug-likeness (QED) is 0.805. The van der Waals surface area contributed by atoms with Gasteiger partial charge in [-0.15, -0.1) is 0 Å². The third kappa shape index (κ3) is 2.29. The summed E-state index contributed by atoms with van der Waals surface area (Å²) in [7, 11) is 0. The van der Waals surface area contributed by atoms with Crippen molar-refractivity contribution in [1.82, 2.24) is 5.32 Å². The fourth-order valence-electron chi connectivity index (χ4n) is 4.34. The van der Waals surface area contributed by atoms with E-state index in [1.807, 2.05) is 0 Å². The minimum Gasteiger partial charge on any atom is -0.353 e. The van der Waals surface area contributed by atoms with Gasteiger partial charge in [0.1, 0.15) is 0 Å². The first-order valence-corrected chi connectivity index (χ1v) is 7.81. The Morgan fingerprint density at radius 2 is 1.61 bits per heavy atom. The highest BCUT2D eigenvalue weighted by Crippen LogP contribution is 2.55. The predicted octanol–water partition coefficient (Wildman–Crippen LogP) is 2.06. The molecule has 0 radical (unpaired) electrons. The summed E-state index contributed by atoms with van der Waals surface area (Å²) in [5.74, 6) is 2.66. The van der Waals surface area contributed by atoms with E-state index in [4.69, 9.17) is 5.73 Å². The summed E-state index contributed by atoms with van der Waals surface area (Å²) in [6.07, 6.45) is 10.1. The van der Waals surface area contributed by atoms with Gasteiger partial charge in [0.25, 0.3) is 0 Å². The summed E-state index contributed by atoms with van der Waals surface area (Å²) in [5, 5.41) is 3.32. The predicted molar refractivity (Wildman–Crippen MR) is 71.9 cm³/mol. The molecule has 18 heavy (non-hydrogen) atoms. The highest BCUT2D eigenvalue weighted by atomic mass is 16.2. The van der Waals surface area contributed by atoms with Crippen LogP contribution in [0.2, 0.25) is 0 Å². The van der Waals surface area contributed by atoms with Gasteiger partial charge < -0.3 is 11.1 Å². The van der Waals surface area contributed by atoms with Gasteiger partial charge in [-0.25, -0.2) is 0 Å². The maximum atomic E-state index is 12.3. The second-order valence-corrected chi connectivity index (χ2v) is 6.53. The van der Waals surface area contributed by atoms with Crippen LogP contribution >= 0.6 is 0 Å². The van der Waals surface area contributed by atoms with Crippen LogP contribution in [0.25, 0.3) is 0 Å². The van der Waals surface area contributed by atoms with Crippen molar-refractivity contribution in [1.29, 1.82) is 0 Å². The first-order valence-electron chi connectivity index (χ1n) is 7.81. The topological polar surface area (TPSA) is 55.1 Å². The summed E-state index contributed by atoms with van der Waals surface area (Å²) in [6, 6.07) is 0.360. The lowest BCUT2D eigenvalue weighted by Crippen LogP contribution is -2.45. The van der Waals surface area contributed by atoms with Gasteiger partial charge in [-0.05, 0) is 50.0 Å². The molecule has 4 unspecified atom stereocenters. The van der Waals surface area contributed by atoms with Crippen LogP contribution in [0.3, 0.4) is 0 Å². The first kappa shape index (κ1) is 12.5. The van der Waals surface area contributed by atoms with Crippen molar-refractivity contribution >= 4 is 5.91 Å². The monoisotopic (exact) mass is 250 g/mol. The number of carbonyl (C=O) groups is 1.